The number of fused-ring (bicyclic) bond motifs is 1. The molecule has 0 unspecified atom stereocenters. The van der Waals surface area contributed by atoms with Crippen LogP contribution in [0.1, 0.15) is 5.56 Å². The largest absolute Gasteiger partial charge is 0.339 e. The number of likely N-dealkylation sites (N-methyl/N-ethyl adjacent to an activating group) is 1. The van der Waals surface area contributed by atoms with E-state index in [4.69, 9.17) is 11.6 Å². The molecule has 0 spiro atoms. The zero-order valence-electron chi connectivity index (χ0n) is 14.2. The van der Waals surface area contributed by atoms with Crippen LogP contribution in [0.15, 0.2) is 67.0 Å². The molecular weight excluding hydrogens is 330 g/mol. The summed E-state index contributed by atoms with van der Waals surface area (Å²) in [5, 5.41) is 0.788. The quantitative estimate of drug-likeness (QED) is 0.650. The molecule has 0 bridgehead atoms. The molecule has 1 aromatic heterocycles. The van der Waals surface area contributed by atoms with Gasteiger partial charge < -0.3 is 9.80 Å². The summed E-state index contributed by atoms with van der Waals surface area (Å²) in [6.07, 6.45) is 3.67. The molecule has 0 aliphatic carbocycles. The summed E-state index contributed by atoms with van der Waals surface area (Å²) in [5.74, 6) is 0. The van der Waals surface area contributed by atoms with Crippen LogP contribution in [0, 0.1) is 0 Å². The van der Waals surface area contributed by atoms with E-state index in [0.717, 1.165) is 30.3 Å². The first-order valence-corrected chi connectivity index (χ1v) is 8.84. The fraction of sp³-hybridized carbons (Fsp3) is 0.190. The third kappa shape index (κ3) is 3.26. The second kappa shape index (κ2) is 6.87. The first kappa shape index (κ1) is 16.1. The topological polar surface area (TPSA) is 19.4 Å². The standard InChI is InChI=1S/C21H20ClN3/c1-24-12-13-25(21-5-3-2-4-19(21)22)20-7-6-17(14-18(20)15-24)16-8-10-23-11-9-16/h2-11,14H,12-13,15H2,1H3. The minimum atomic E-state index is 0.788. The van der Waals surface area contributed by atoms with Crippen molar-refractivity contribution in [2.75, 3.05) is 25.0 Å². The summed E-state index contributed by atoms with van der Waals surface area (Å²) in [5.41, 5.74) is 6.02. The van der Waals surface area contributed by atoms with Crippen molar-refractivity contribution in [2.24, 2.45) is 0 Å². The van der Waals surface area contributed by atoms with Crippen LogP contribution in [0.5, 0.6) is 0 Å². The molecule has 3 aromatic rings. The minimum absolute atomic E-state index is 0.788. The van der Waals surface area contributed by atoms with E-state index in [1.807, 2.05) is 42.7 Å². The van der Waals surface area contributed by atoms with Gasteiger partial charge in [-0.2, -0.15) is 0 Å². The Hall–Kier alpha value is -2.36. The number of hydrogen-bond acceptors (Lipinski definition) is 3. The predicted octanol–water partition coefficient (Wildman–Crippen LogP) is 4.99. The maximum Gasteiger partial charge on any atom is 0.0643 e. The van der Waals surface area contributed by atoms with E-state index in [2.05, 4.69) is 46.1 Å². The van der Waals surface area contributed by atoms with Crippen LogP contribution in [0.4, 0.5) is 11.4 Å². The van der Waals surface area contributed by atoms with Crippen LogP contribution in [0.3, 0.4) is 0 Å². The maximum absolute atomic E-state index is 6.48. The average molecular weight is 350 g/mol. The zero-order chi connectivity index (χ0) is 17.2. The first-order valence-electron chi connectivity index (χ1n) is 8.46. The molecule has 1 aliphatic rings. The van der Waals surface area contributed by atoms with E-state index < -0.39 is 0 Å². The van der Waals surface area contributed by atoms with Crippen molar-refractivity contribution in [2.45, 2.75) is 6.54 Å². The lowest BCUT2D eigenvalue weighted by Crippen LogP contribution is -2.26. The van der Waals surface area contributed by atoms with E-state index in [-0.39, 0.29) is 0 Å². The number of nitrogens with zero attached hydrogens (tertiary/aromatic N) is 3. The molecule has 25 heavy (non-hydrogen) atoms. The first-order chi connectivity index (χ1) is 12.2. The molecule has 3 nitrogen and oxygen atoms in total. The Morgan fingerprint density at radius 3 is 2.48 bits per heavy atom. The number of halogens is 1. The van der Waals surface area contributed by atoms with Crippen molar-refractivity contribution in [3.05, 3.63) is 77.6 Å². The van der Waals surface area contributed by atoms with Crippen molar-refractivity contribution in [1.82, 2.24) is 9.88 Å². The molecule has 0 saturated carbocycles. The molecule has 0 radical (unpaired) electrons. The highest BCUT2D eigenvalue weighted by Crippen LogP contribution is 2.37. The van der Waals surface area contributed by atoms with Gasteiger partial charge in [0, 0.05) is 37.7 Å². The smallest absolute Gasteiger partial charge is 0.0643 e. The summed E-state index contributed by atoms with van der Waals surface area (Å²) >= 11 is 6.48. The third-order valence-electron chi connectivity index (χ3n) is 4.67. The van der Waals surface area contributed by atoms with Gasteiger partial charge in [0.2, 0.25) is 0 Å². The summed E-state index contributed by atoms with van der Waals surface area (Å²) in [6, 6.07) is 18.9. The summed E-state index contributed by atoms with van der Waals surface area (Å²) in [7, 11) is 2.17. The molecule has 0 amide bonds. The Bertz CT molecular complexity index is 879. The number of anilines is 2. The van der Waals surface area contributed by atoms with Crippen molar-refractivity contribution in [3.8, 4) is 11.1 Å². The lowest BCUT2D eigenvalue weighted by molar-refractivity contribution is 0.343. The molecular formula is C21H20ClN3. The van der Waals surface area contributed by atoms with Gasteiger partial charge in [-0.15, -0.1) is 0 Å². The highest BCUT2D eigenvalue weighted by Gasteiger charge is 2.21. The number of rotatable bonds is 2. The number of hydrogen-bond donors (Lipinski definition) is 0. The van der Waals surface area contributed by atoms with E-state index in [1.165, 1.54) is 22.4 Å². The SMILES string of the molecule is CN1CCN(c2ccccc2Cl)c2ccc(-c3ccncc3)cc2C1. The summed E-state index contributed by atoms with van der Waals surface area (Å²) in [4.78, 5) is 8.80. The van der Waals surface area contributed by atoms with Crippen LogP contribution in [0.2, 0.25) is 5.02 Å². The van der Waals surface area contributed by atoms with Crippen LogP contribution in [0.25, 0.3) is 11.1 Å². The minimum Gasteiger partial charge on any atom is -0.339 e. The van der Waals surface area contributed by atoms with Gasteiger partial charge in [-0.05, 0) is 60.1 Å². The molecule has 4 rings (SSSR count). The Morgan fingerprint density at radius 2 is 1.68 bits per heavy atom. The van der Waals surface area contributed by atoms with Gasteiger partial charge in [-0.3, -0.25) is 4.98 Å². The second-order valence-electron chi connectivity index (χ2n) is 6.42. The van der Waals surface area contributed by atoms with Crippen molar-refractivity contribution < 1.29 is 0 Å². The summed E-state index contributed by atoms with van der Waals surface area (Å²) in [6.45, 7) is 2.83. The monoisotopic (exact) mass is 349 g/mol. The molecule has 126 valence electrons. The Kier molecular flexibility index (Phi) is 4.43. The van der Waals surface area contributed by atoms with Crippen molar-refractivity contribution in [3.63, 3.8) is 0 Å². The maximum atomic E-state index is 6.48. The lowest BCUT2D eigenvalue weighted by Gasteiger charge is -2.26. The predicted molar refractivity (Wildman–Crippen MR) is 104 cm³/mol. The zero-order valence-corrected chi connectivity index (χ0v) is 14.9. The molecule has 4 heteroatoms. The van der Waals surface area contributed by atoms with Gasteiger partial charge in [0.25, 0.3) is 0 Å². The van der Waals surface area contributed by atoms with E-state index in [0.29, 0.717) is 0 Å². The number of para-hydroxylation sites is 1. The molecule has 2 aromatic carbocycles. The molecule has 0 saturated heterocycles. The fourth-order valence-electron chi connectivity index (χ4n) is 3.38. The number of pyridine rings is 1. The molecule has 0 N–H and O–H groups in total. The second-order valence-corrected chi connectivity index (χ2v) is 6.83. The van der Waals surface area contributed by atoms with Crippen LogP contribution < -0.4 is 4.90 Å². The number of aromatic nitrogens is 1. The third-order valence-corrected chi connectivity index (χ3v) is 4.99. The van der Waals surface area contributed by atoms with E-state index in [9.17, 15) is 0 Å². The highest BCUT2D eigenvalue weighted by molar-refractivity contribution is 6.33. The van der Waals surface area contributed by atoms with Gasteiger partial charge in [-0.25, -0.2) is 0 Å². The molecule has 0 fully saturated rings. The highest BCUT2D eigenvalue weighted by atomic mass is 35.5. The molecule has 0 atom stereocenters. The van der Waals surface area contributed by atoms with Gasteiger partial charge >= 0.3 is 0 Å². The van der Waals surface area contributed by atoms with E-state index in [1.54, 1.807) is 0 Å². The van der Waals surface area contributed by atoms with Gasteiger partial charge in [0.1, 0.15) is 0 Å². The van der Waals surface area contributed by atoms with Crippen molar-refractivity contribution in [1.29, 1.82) is 0 Å². The lowest BCUT2D eigenvalue weighted by atomic mass is 10.0. The fourth-order valence-corrected chi connectivity index (χ4v) is 3.62. The van der Waals surface area contributed by atoms with E-state index >= 15 is 0 Å². The number of benzene rings is 2. The summed E-state index contributed by atoms with van der Waals surface area (Å²) < 4.78 is 0. The van der Waals surface area contributed by atoms with Gasteiger partial charge in [0.15, 0.2) is 0 Å². The van der Waals surface area contributed by atoms with Crippen LogP contribution in [-0.2, 0) is 6.54 Å². The molecule has 1 aliphatic heterocycles. The van der Waals surface area contributed by atoms with Gasteiger partial charge in [-0.1, -0.05) is 29.8 Å². The average Bonchev–Trinajstić information content (AvgIpc) is 2.80. The van der Waals surface area contributed by atoms with Gasteiger partial charge in [0.05, 0.1) is 10.7 Å². The Morgan fingerprint density at radius 1 is 0.880 bits per heavy atom. The molecule has 2 heterocycles. The Balaban J connectivity index is 1.81. The normalized spacial score (nSPS) is 14.9. The Labute approximate surface area is 153 Å². The van der Waals surface area contributed by atoms with Crippen molar-refractivity contribution >= 4 is 23.0 Å². The van der Waals surface area contributed by atoms with Crippen LogP contribution in [-0.4, -0.2) is 30.0 Å². The van der Waals surface area contributed by atoms with Crippen LogP contribution >= 0.6 is 11.6 Å².